The molecule has 1 aromatic rings. The number of carbonyl (C=O) groups is 1. The highest BCUT2D eigenvalue weighted by Gasteiger charge is 2.29. The second kappa shape index (κ2) is 9.26. The fourth-order valence-electron chi connectivity index (χ4n) is 4.22. The SMILES string of the molecule is CN1CCN(CCCNC(=O)C2CCN(c3cnn(CC4CC4)c(=O)c3)C2)CC1. The van der Waals surface area contributed by atoms with Crippen molar-refractivity contribution in [2.75, 3.05) is 64.3 Å². The van der Waals surface area contributed by atoms with E-state index in [0.717, 1.165) is 70.9 Å². The molecule has 8 heteroatoms. The van der Waals surface area contributed by atoms with Crippen LogP contribution >= 0.6 is 0 Å². The Morgan fingerprint density at radius 1 is 1.17 bits per heavy atom. The zero-order valence-corrected chi connectivity index (χ0v) is 17.6. The summed E-state index contributed by atoms with van der Waals surface area (Å²) in [5, 5.41) is 7.45. The highest BCUT2D eigenvalue weighted by Crippen LogP contribution is 2.30. The molecule has 0 aromatic carbocycles. The molecule has 3 aliphatic rings. The molecule has 4 rings (SSSR count). The summed E-state index contributed by atoms with van der Waals surface area (Å²) < 4.78 is 1.57. The molecular weight excluding hydrogens is 368 g/mol. The predicted molar refractivity (Wildman–Crippen MR) is 113 cm³/mol. The van der Waals surface area contributed by atoms with Gasteiger partial charge >= 0.3 is 0 Å². The molecule has 2 aliphatic heterocycles. The number of carbonyl (C=O) groups excluding carboxylic acids is 1. The Morgan fingerprint density at radius 3 is 2.69 bits per heavy atom. The average Bonchev–Trinajstić information content (AvgIpc) is 3.40. The van der Waals surface area contributed by atoms with Gasteiger partial charge in [-0.1, -0.05) is 0 Å². The van der Waals surface area contributed by atoms with Gasteiger partial charge in [0.25, 0.3) is 5.56 Å². The first kappa shape index (κ1) is 20.3. The molecule has 1 N–H and O–H groups in total. The lowest BCUT2D eigenvalue weighted by Crippen LogP contribution is -2.45. The molecule has 3 fully saturated rings. The summed E-state index contributed by atoms with van der Waals surface area (Å²) in [6.45, 7) is 8.48. The van der Waals surface area contributed by atoms with Crippen LogP contribution in [0.15, 0.2) is 17.1 Å². The number of nitrogens with zero attached hydrogens (tertiary/aromatic N) is 5. The maximum Gasteiger partial charge on any atom is 0.268 e. The summed E-state index contributed by atoms with van der Waals surface area (Å²) in [5.74, 6) is 0.760. The third-order valence-electron chi connectivity index (χ3n) is 6.45. The first-order valence-electron chi connectivity index (χ1n) is 11.1. The third-order valence-corrected chi connectivity index (χ3v) is 6.45. The number of likely N-dealkylation sites (N-methyl/N-ethyl adjacent to an activating group) is 1. The van der Waals surface area contributed by atoms with Crippen molar-refractivity contribution < 1.29 is 4.79 Å². The fourth-order valence-corrected chi connectivity index (χ4v) is 4.22. The Morgan fingerprint density at radius 2 is 1.97 bits per heavy atom. The van der Waals surface area contributed by atoms with Gasteiger partial charge in [-0.15, -0.1) is 0 Å². The maximum absolute atomic E-state index is 12.5. The van der Waals surface area contributed by atoms with Crippen LogP contribution in [0.5, 0.6) is 0 Å². The van der Waals surface area contributed by atoms with Crippen LogP contribution in [0.2, 0.25) is 0 Å². The van der Waals surface area contributed by atoms with E-state index in [1.54, 1.807) is 16.9 Å². The van der Waals surface area contributed by atoms with E-state index in [9.17, 15) is 9.59 Å². The number of hydrogen-bond donors (Lipinski definition) is 1. The molecule has 0 spiro atoms. The van der Waals surface area contributed by atoms with Crippen LogP contribution in [-0.4, -0.2) is 84.9 Å². The van der Waals surface area contributed by atoms with E-state index >= 15 is 0 Å². The summed E-state index contributed by atoms with van der Waals surface area (Å²) in [7, 11) is 2.16. The van der Waals surface area contributed by atoms with Crippen LogP contribution < -0.4 is 15.8 Å². The van der Waals surface area contributed by atoms with Gasteiger partial charge in [0.05, 0.1) is 17.8 Å². The lowest BCUT2D eigenvalue weighted by atomic mass is 10.1. The lowest BCUT2D eigenvalue weighted by molar-refractivity contribution is -0.124. The summed E-state index contributed by atoms with van der Waals surface area (Å²) >= 11 is 0. The molecule has 2 saturated heterocycles. The van der Waals surface area contributed by atoms with Gasteiger partial charge in [0.15, 0.2) is 0 Å². The van der Waals surface area contributed by atoms with Gasteiger partial charge in [-0.2, -0.15) is 5.10 Å². The van der Waals surface area contributed by atoms with Crippen molar-refractivity contribution in [3.63, 3.8) is 0 Å². The normalized spacial score (nSPS) is 23.5. The second-order valence-electron chi connectivity index (χ2n) is 8.90. The van der Waals surface area contributed by atoms with Crippen LogP contribution in [0.3, 0.4) is 0 Å². The van der Waals surface area contributed by atoms with Crippen LogP contribution in [0, 0.1) is 11.8 Å². The average molecular weight is 403 g/mol. The van der Waals surface area contributed by atoms with Crippen molar-refractivity contribution in [3.05, 3.63) is 22.6 Å². The van der Waals surface area contributed by atoms with E-state index in [1.165, 1.54) is 12.8 Å². The van der Waals surface area contributed by atoms with Gasteiger partial charge in [0.2, 0.25) is 5.91 Å². The molecule has 1 aliphatic carbocycles. The first-order chi connectivity index (χ1) is 14.1. The van der Waals surface area contributed by atoms with Crippen molar-refractivity contribution in [1.82, 2.24) is 24.9 Å². The minimum atomic E-state index is -0.0359. The van der Waals surface area contributed by atoms with Crippen LogP contribution in [0.4, 0.5) is 5.69 Å². The van der Waals surface area contributed by atoms with Gasteiger partial charge in [-0.05, 0) is 45.2 Å². The number of piperazine rings is 1. The Labute approximate surface area is 172 Å². The van der Waals surface area contributed by atoms with Crippen molar-refractivity contribution in [1.29, 1.82) is 0 Å². The summed E-state index contributed by atoms with van der Waals surface area (Å²) in [6, 6.07) is 1.67. The molecule has 1 atom stereocenters. The number of hydrogen-bond acceptors (Lipinski definition) is 6. The van der Waals surface area contributed by atoms with Gasteiger partial charge in [-0.25, -0.2) is 4.68 Å². The van der Waals surface area contributed by atoms with E-state index in [4.69, 9.17) is 0 Å². The summed E-state index contributed by atoms with van der Waals surface area (Å²) in [6.07, 6.45) is 6.01. The van der Waals surface area contributed by atoms with E-state index in [-0.39, 0.29) is 17.4 Å². The minimum absolute atomic E-state index is 0.00691. The highest BCUT2D eigenvalue weighted by atomic mass is 16.2. The van der Waals surface area contributed by atoms with Crippen LogP contribution in [0.1, 0.15) is 25.7 Å². The van der Waals surface area contributed by atoms with Gasteiger partial charge in [0, 0.05) is 58.4 Å². The van der Waals surface area contributed by atoms with Gasteiger partial charge in [0.1, 0.15) is 0 Å². The van der Waals surface area contributed by atoms with Crippen LogP contribution in [-0.2, 0) is 11.3 Å². The van der Waals surface area contributed by atoms with Gasteiger partial charge < -0.3 is 20.0 Å². The molecule has 8 nitrogen and oxygen atoms in total. The quantitative estimate of drug-likeness (QED) is 0.628. The van der Waals surface area contributed by atoms with Crippen molar-refractivity contribution in [2.45, 2.75) is 32.2 Å². The standard InChI is InChI=1S/C21H34N6O2/c1-24-9-11-25(12-10-24)7-2-6-22-21(29)18-5-8-26(16-18)19-13-20(28)27(23-14-19)15-17-3-4-17/h13-14,17-18H,2-12,15-16H2,1H3,(H,22,29). The minimum Gasteiger partial charge on any atom is -0.369 e. The zero-order chi connectivity index (χ0) is 20.2. The smallest absolute Gasteiger partial charge is 0.268 e. The number of rotatable bonds is 8. The number of aromatic nitrogens is 2. The molecule has 1 unspecified atom stereocenters. The Balaban J connectivity index is 1.18. The van der Waals surface area contributed by atoms with E-state index in [1.807, 2.05) is 0 Å². The van der Waals surface area contributed by atoms with Crippen molar-refractivity contribution >= 4 is 11.6 Å². The number of nitrogens with one attached hydrogen (secondary N) is 1. The van der Waals surface area contributed by atoms with E-state index in [0.29, 0.717) is 12.5 Å². The summed E-state index contributed by atoms with van der Waals surface area (Å²) in [5.41, 5.74) is 0.804. The molecule has 1 saturated carbocycles. The molecule has 1 amide bonds. The Kier molecular flexibility index (Phi) is 6.50. The highest BCUT2D eigenvalue weighted by molar-refractivity contribution is 5.80. The molecule has 0 bridgehead atoms. The van der Waals surface area contributed by atoms with Crippen molar-refractivity contribution in [2.24, 2.45) is 11.8 Å². The third kappa shape index (κ3) is 5.57. The zero-order valence-electron chi connectivity index (χ0n) is 17.6. The second-order valence-corrected chi connectivity index (χ2v) is 8.90. The maximum atomic E-state index is 12.5. The summed E-state index contributed by atoms with van der Waals surface area (Å²) in [4.78, 5) is 31.8. The Hall–Kier alpha value is -1.93. The number of amides is 1. The number of anilines is 1. The van der Waals surface area contributed by atoms with Crippen molar-refractivity contribution in [3.8, 4) is 0 Å². The molecule has 29 heavy (non-hydrogen) atoms. The Bertz CT molecular complexity index is 754. The topological polar surface area (TPSA) is 73.7 Å². The largest absolute Gasteiger partial charge is 0.369 e. The van der Waals surface area contributed by atoms with E-state index in [2.05, 4.69) is 32.2 Å². The fraction of sp³-hybridized carbons (Fsp3) is 0.762. The van der Waals surface area contributed by atoms with Gasteiger partial charge in [-0.3, -0.25) is 9.59 Å². The molecule has 0 radical (unpaired) electrons. The first-order valence-corrected chi connectivity index (χ1v) is 11.1. The van der Waals surface area contributed by atoms with Crippen LogP contribution in [0.25, 0.3) is 0 Å². The lowest BCUT2D eigenvalue weighted by Gasteiger charge is -2.32. The molecule has 3 heterocycles. The van der Waals surface area contributed by atoms with E-state index < -0.39 is 0 Å². The molecular formula is C21H34N6O2. The predicted octanol–water partition coefficient (Wildman–Crippen LogP) is 0.233. The molecule has 1 aromatic heterocycles. The molecule has 160 valence electrons. The monoisotopic (exact) mass is 402 g/mol.